The molecule has 5 heteroatoms. The number of halogens is 1. The van der Waals surface area contributed by atoms with E-state index >= 15 is 0 Å². The SMILES string of the molecule is CCCN(CCN(C)C)c1nccc(CNC(C)C)c1F. The van der Waals surface area contributed by atoms with Gasteiger partial charge in [0.25, 0.3) is 0 Å². The highest BCUT2D eigenvalue weighted by Crippen LogP contribution is 2.19. The van der Waals surface area contributed by atoms with Gasteiger partial charge >= 0.3 is 0 Å². The van der Waals surface area contributed by atoms with Gasteiger partial charge in [-0.2, -0.15) is 0 Å². The molecule has 0 saturated carbocycles. The lowest BCUT2D eigenvalue weighted by Crippen LogP contribution is -2.34. The minimum absolute atomic E-state index is 0.196. The highest BCUT2D eigenvalue weighted by molar-refractivity contribution is 5.43. The van der Waals surface area contributed by atoms with Crippen molar-refractivity contribution in [3.8, 4) is 0 Å². The molecule has 0 atom stereocenters. The molecule has 1 heterocycles. The molecule has 0 aliphatic heterocycles. The first-order valence-corrected chi connectivity index (χ1v) is 7.72. The maximum Gasteiger partial charge on any atom is 0.170 e. The predicted molar refractivity (Wildman–Crippen MR) is 87.2 cm³/mol. The topological polar surface area (TPSA) is 31.4 Å². The lowest BCUT2D eigenvalue weighted by molar-refractivity contribution is 0.411. The molecule has 0 spiro atoms. The first-order valence-electron chi connectivity index (χ1n) is 7.72. The van der Waals surface area contributed by atoms with E-state index in [9.17, 15) is 4.39 Å². The maximum atomic E-state index is 14.7. The van der Waals surface area contributed by atoms with Crippen molar-refractivity contribution in [2.75, 3.05) is 38.6 Å². The van der Waals surface area contributed by atoms with Gasteiger partial charge in [-0.05, 0) is 26.6 Å². The van der Waals surface area contributed by atoms with Crippen molar-refractivity contribution in [2.24, 2.45) is 0 Å². The molecular weight excluding hydrogens is 267 g/mol. The van der Waals surface area contributed by atoms with Gasteiger partial charge in [-0.25, -0.2) is 9.37 Å². The van der Waals surface area contributed by atoms with Crippen LogP contribution in [0, 0.1) is 5.82 Å². The molecule has 4 nitrogen and oxygen atoms in total. The Kier molecular flexibility index (Phi) is 7.61. The zero-order chi connectivity index (χ0) is 15.8. The molecule has 0 saturated heterocycles. The highest BCUT2D eigenvalue weighted by Gasteiger charge is 2.16. The molecule has 0 fully saturated rings. The van der Waals surface area contributed by atoms with Crippen molar-refractivity contribution >= 4 is 5.82 Å². The van der Waals surface area contributed by atoms with Gasteiger partial charge in [-0.15, -0.1) is 0 Å². The summed E-state index contributed by atoms with van der Waals surface area (Å²) in [5.74, 6) is 0.277. The van der Waals surface area contributed by atoms with Gasteiger partial charge in [-0.1, -0.05) is 20.8 Å². The Labute approximate surface area is 128 Å². The summed E-state index contributed by atoms with van der Waals surface area (Å²) in [7, 11) is 4.05. The Morgan fingerprint density at radius 3 is 2.52 bits per heavy atom. The van der Waals surface area contributed by atoms with Crippen LogP contribution in [0.2, 0.25) is 0 Å². The molecule has 0 unspecified atom stereocenters. The Morgan fingerprint density at radius 1 is 1.24 bits per heavy atom. The van der Waals surface area contributed by atoms with Gasteiger partial charge in [0.1, 0.15) is 0 Å². The van der Waals surface area contributed by atoms with Crippen LogP contribution >= 0.6 is 0 Å². The third kappa shape index (κ3) is 5.98. The third-order valence-corrected chi connectivity index (χ3v) is 3.26. The fourth-order valence-electron chi connectivity index (χ4n) is 2.06. The minimum atomic E-state index is -0.196. The molecule has 1 N–H and O–H groups in total. The molecule has 0 aromatic carbocycles. The number of anilines is 1. The normalized spacial score (nSPS) is 11.4. The van der Waals surface area contributed by atoms with Crippen LogP contribution in [0.1, 0.15) is 32.8 Å². The summed E-state index contributed by atoms with van der Waals surface area (Å²) in [6, 6.07) is 2.09. The predicted octanol–water partition coefficient (Wildman–Crippen LogP) is 2.50. The van der Waals surface area contributed by atoms with Crippen molar-refractivity contribution in [1.29, 1.82) is 0 Å². The van der Waals surface area contributed by atoms with Crippen molar-refractivity contribution in [3.05, 3.63) is 23.6 Å². The van der Waals surface area contributed by atoms with Crippen LogP contribution in [0.3, 0.4) is 0 Å². The largest absolute Gasteiger partial charge is 0.353 e. The summed E-state index contributed by atoms with van der Waals surface area (Å²) in [5.41, 5.74) is 0.680. The molecule has 120 valence electrons. The van der Waals surface area contributed by atoms with Gasteiger partial charge < -0.3 is 15.1 Å². The van der Waals surface area contributed by atoms with Crippen LogP contribution in [-0.2, 0) is 6.54 Å². The van der Waals surface area contributed by atoms with Gasteiger partial charge in [0, 0.05) is 44.0 Å². The first-order chi connectivity index (χ1) is 9.95. The highest BCUT2D eigenvalue weighted by atomic mass is 19.1. The summed E-state index contributed by atoms with van der Waals surface area (Å²) >= 11 is 0. The van der Waals surface area contributed by atoms with Crippen LogP contribution < -0.4 is 10.2 Å². The zero-order valence-corrected chi connectivity index (χ0v) is 14.0. The van der Waals surface area contributed by atoms with Crippen LogP contribution in [0.5, 0.6) is 0 Å². The second-order valence-corrected chi connectivity index (χ2v) is 5.93. The summed E-state index contributed by atoms with van der Waals surface area (Å²) in [5, 5.41) is 3.26. The van der Waals surface area contributed by atoms with E-state index in [-0.39, 0.29) is 5.82 Å². The standard InChI is InChI=1S/C16H29FN4/c1-6-9-21(11-10-20(4)5)16-15(17)14(7-8-18-16)12-19-13(2)3/h7-8,13,19H,6,9-12H2,1-5H3. The molecule has 1 aromatic heterocycles. The summed E-state index contributed by atoms with van der Waals surface area (Å²) in [6.45, 7) is 9.23. The van der Waals surface area contributed by atoms with Gasteiger partial charge in [0.15, 0.2) is 11.6 Å². The lowest BCUT2D eigenvalue weighted by Gasteiger charge is -2.26. The van der Waals surface area contributed by atoms with Crippen molar-refractivity contribution < 1.29 is 4.39 Å². The van der Waals surface area contributed by atoms with Crippen LogP contribution in [0.4, 0.5) is 10.2 Å². The monoisotopic (exact) mass is 296 g/mol. The quantitative estimate of drug-likeness (QED) is 0.759. The third-order valence-electron chi connectivity index (χ3n) is 3.26. The molecule has 0 bridgehead atoms. The average molecular weight is 296 g/mol. The Morgan fingerprint density at radius 2 is 1.95 bits per heavy atom. The second-order valence-electron chi connectivity index (χ2n) is 5.93. The van der Waals surface area contributed by atoms with E-state index in [0.717, 1.165) is 26.1 Å². The first kappa shape index (κ1) is 17.9. The molecule has 0 aliphatic rings. The molecule has 0 amide bonds. The van der Waals surface area contributed by atoms with Gasteiger partial charge in [-0.3, -0.25) is 0 Å². The van der Waals surface area contributed by atoms with E-state index in [1.54, 1.807) is 12.3 Å². The Balaban J connectivity index is 2.88. The zero-order valence-electron chi connectivity index (χ0n) is 14.0. The average Bonchev–Trinajstić information content (AvgIpc) is 2.42. The second kappa shape index (κ2) is 8.95. The number of aromatic nitrogens is 1. The molecule has 1 rings (SSSR count). The number of nitrogens with one attached hydrogen (secondary N) is 1. The number of likely N-dealkylation sites (N-methyl/N-ethyl adjacent to an activating group) is 1. The smallest absolute Gasteiger partial charge is 0.170 e. The van der Waals surface area contributed by atoms with Crippen molar-refractivity contribution in [3.63, 3.8) is 0 Å². The molecular formula is C16H29FN4. The number of nitrogens with zero attached hydrogens (tertiary/aromatic N) is 3. The van der Waals surface area contributed by atoms with Gasteiger partial charge in [0.05, 0.1) is 0 Å². The molecule has 0 aliphatic carbocycles. The van der Waals surface area contributed by atoms with Crippen molar-refractivity contribution in [2.45, 2.75) is 39.8 Å². The Hall–Kier alpha value is -1.20. The van der Waals surface area contributed by atoms with Crippen LogP contribution in [-0.4, -0.2) is 49.7 Å². The molecule has 1 aromatic rings. The van der Waals surface area contributed by atoms with E-state index in [4.69, 9.17) is 0 Å². The fraction of sp³-hybridized carbons (Fsp3) is 0.688. The van der Waals surface area contributed by atoms with E-state index in [1.165, 1.54) is 0 Å². The number of hydrogen-bond acceptors (Lipinski definition) is 4. The fourth-order valence-corrected chi connectivity index (χ4v) is 2.06. The summed E-state index contributed by atoms with van der Waals surface area (Å²) in [4.78, 5) is 8.41. The lowest BCUT2D eigenvalue weighted by atomic mass is 10.2. The number of rotatable bonds is 9. The Bertz CT molecular complexity index is 421. The minimum Gasteiger partial charge on any atom is -0.353 e. The molecule has 0 radical (unpaired) electrons. The van der Waals surface area contributed by atoms with E-state index < -0.39 is 0 Å². The molecule has 21 heavy (non-hydrogen) atoms. The summed E-state index contributed by atoms with van der Waals surface area (Å²) < 4.78 is 14.7. The number of pyridine rings is 1. The van der Waals surface area contributed by atoms with E-state index in [0.29, 0.717) is 24.0 Å². The van der Waals surface area contributed by atoms with Gasteiger partial charge in [0.2, 0.25) is 0 Å². The van der Waals surface area contributed by atoms with Crippen molar-refractivity contribution in [1.82, 2.24) is 15.2 Å². The van der Waals surface area contributed by atoms with E-state index in [1.807, 2.05) is 19.0 Å². The summed E-state index contributed by atoms with van der Waals surface area (Å²) in [6.07, 6.45) is 2.68. The van der Waals surface area contributed by atoms with Crippen LogP contribution in [0.15, 0.2) is 12.3 Å². The number of hydrogen-bond donors (Lipinski definition) is 1. The van der Waals surface area contributed by atoms with Crippen LogP contribution in [0.25, 0.3) is 0 Å². The maximum absolute atomic E-state index is 14.7. The van der Waals surface area contributed by atoms with E-state index in [2.05, 4.69) is 36.0 Å².